The normalized spacial score (nSPS) is 15.6. The highest BCUT2D eigenvalue weighted by Gasteiger charge is 2.36. The molecule has 0 aliphatic carbocycles. The fraction of sp³-hybridized carbons (Fsp3) is 0.364. The van der Waals surface area contributed by atoms with E-state index < -0.39 is 12.0 Å². The molecule has 0 radical (unpaired) electrons. The predicted molar refractivity (Wildman–Crippen MR) is 112 cm³/mol. The molecule has 0 saturated heterocycles. The molecular formula is C22H25BrN2O3. The number of carbonyl (C=O) groups is 2. The number of hydrogen-bond acceptors (Lipinski definition) is 3. The smallest absolute Gasteiger partial charge is 0.333 e. The molecule has 1 aliphatic rings. The topological polar surface area (TPSA) is 58.6 Å². The molecule has 0 saturated carbocycles. The molecule has 1 N–H and O–H groups in total. The molecule has 28 heavy (non-hydrogen) atoms. The maximum Gasteiger partial charge on any atom is 0.333 e. The number of nitrogens with zero attached hydrogens (tertiary/aromatic N) is 1. The Kier molecular flexibility index (Phi) is 7.48. The summed E-state index contributed by atoms with van der Waals surface area (Å²) in [7, 11) is 0. The number of urea groups is 1. The molecule has 1 heterocycles. The summed E-state index contributed by atoms with van der Waals surface area (Å²) in [5, 5.41) is 3.85. The number of alkyl halides is 1. The number of nitrogens with one attached hydrogen (secondary N) is 1. The van der Waals surface area contributed by atoms with Gasteiger partial charge in [-0.15, -0.1) is 0 Å². The lowest BCUT2D eigenvalue weighted by molar-refractivity contribution is -0.151. The minimum atomic E-state index is -0.718. The van der Waals surface area contributed by atoms with Crippen molar-refractivity contribution >= 4 is 27.9 Å². The molecule has 0 aromatic heterocycles. The molecule has 1 atom stereocenters. The van der Waals surface area contributed by atoms with E-state index in [0.29, 0.717) is 13.1 Å². The van der Waals surface area contributed by atoms with E-state index in [-0.39, 0.29) is 12.6 Å². The monoisotopic (exact) mass is 444 g/mol. The molecule has 148 valence electrons. The van der Waals surface area contributed by atoms with Crippen molar-refractivity contribution in [3.05, 3.63) is 71.3 Å². The van der Waals surface area contributed by atoms with Crippen LogP contribution in [-0.2, 0) is 22.6 Å². The van der Waals surface area contributed by atoms with Gasteiger partial charge in [0.1, 0.15) is 6.61 Å². The van der Waals surface area contributed by atoms with Crippen molar-refractivity contribution < 1.29 is 14.3 Å². The second-order valence-electron chi connectivity index (χ2n) is 6.77. The zero-order valence-corrected chi connectivity index (χ0v) is 17.4. The van der Waals surface area contributed by atoms with Gasteiger partial charge >= 0.3 is 12.0 Å². The van der Waals surface area contributed by atoms with Crippen LogP contribution >= 0.6 is 15.9 Å². The number of unbranched alkanes of at least 4 members (excludes halogenated alkanes) is 1. The Labute approximate surface area is 174 Å². The summed E-state index contributed by atoms with van der Waals surface area (Å²) in [5.74, 6) is -0.397. The number of esters is 1. The second-order valence-corrected chi connectivity index (χ2v) is 7.56. The highest BCUT2D eigenvalue weighted by molar-refractivity contribution is 9.09. The molecule has 2 aromatic rings. The first-order chi connectivity index (χ1) is 13.7. The SMILES string of the molecule is O=C(OCc1ccccc1)[C@H]1c2ccccc2CCN1C(=O)NCCCCBr. The third-order valence-electron chi connectivity index (χ3n) is 4.83. The fourth-order valence-electron chi connectivity index (χ4n) is 3.36. The first-order valence-corrected chi connectivity index (χ1v) is 10.7. The van der Waals surface area contributed by atoms with E-state index in [0.717, 1.165) is 41.3 Å². The first-order valence-electron chi connectivity index (χ1n) is 9.59. The van der Waals surface area contributed by atoms with Crippen molar-refractivity contribution in [1.29, 1.82) is 0 Å². The third kappa shape index (κ3) is 5.13. The van der Waals surface area contributed by atoms with E-state index in [4.69, 9.17) is 4.74 Å². The second kappa shape index (κ2) is 10.3. The Morgan fingerprint density at radius 3 is 2.61 bits per heavy atom. The van der Waals surface area contributed by atoms with E-state index in [9.17, 15) is 9.59 Å². The summed E-state index contributed by atoms with van der Waals surface area (Å²) in [6, 6.07) is 16.4. The number of rotatable bonds is 7. The number of amides is 2. The molecule has 2 aromatic carbocycles. The summed E-state index contributed by atoms with van der Waals surface area (Å²) in [4.78, 5) is 27.3. The summed E-state index contributed by atoms with van der Waals surface area (Å²) in [6.07, 6.45) is 2.61. The third-order valence-corrected chi connectivity index (χ3v) is 5.39. The molecule has 0 unspecified atom stereocenters. The van der Waals surface area contributed by atoms with Gasteiger partial charge in [-0.2, -0.15) is 0 Å². The van der Waals surface area contributed by atoms with E-state index in [1.807, 2.05) is 54.6 Å². The van der Waals surface area contributed by atoms with Crippen molar-refractivity contribution in [2.24, 2.45) is 0 Å². The van der Waals surface area contributed by atoms with Crippen molar-refractivity contribution in [2.75, 3.05) is 18.4 Å². The van der Waals surface area contributed by atoms with Gasteiger partial charge in [0.2, 0.25) is 0 Å². The number of benzene rings is 2. The zero-order chi connectivity index (χ0) is 19.8. The molecular weight excluding hydrogens is 420 g/mol. The Morgan fingerprint density at radius 2 is 1.82 bits per heavy atom. The summed E-state index contributed by atoms with van der Waals surface area (Å²) in [5.41, 5.74) is 2.86. The molecule has 0 fully saturated rings. The van der Waals surface area contributed by atoms with Gasteiger partial charge in [0.15, 0.2) is 6.04 Å². The Hall–Kier alpha value is -2.34. The van der Waals surface area contributed by atoms with Crippen LogP contribution in [0, 0.1) is 0 Å². The lowest BCUT2D eigenvalue weighted by Gasteiger charge is -2.35. The number of fused-ring (bicyclic) bond motifs is 1. The van der Waals surface area contributed by atoms with Gasteiger partial charge in [-0.25, -0.2) is 9.59 Å². The maximum atomic E-state index is 13.0. The van der Waals surface area contributed by atoms with Crippen LogP contribution in [-0.4, -0.2) is 35.3 Å². The fourth-order valence-corrected chi connectivity index (χ4v) is 3.76. The molecule has 2 amide bonds. The molecule has 3 rings (SSSR count). The standard InChI is InChI=1S/C22H25BrN2O3/c23-13-6-7-14-24-22(27)25-15-12-18-10-4-5-11-19(18)20(25)21(26)28-16-17-8-2-1-3-9-17/h1-5,8-11,20H,6-7,12-16H2,(H,24,27)/t20-/m1/s1. The van der Waals surface area contributed by atoms with Crippen LogP contribution < -0.4 is 5.32 Å². The number of hydrogen-bond donors (Lipinski definition) is 1. The molecule has 5 nitrogen and oxygen atoms in total. The van der Waals surface area contributed by atoms with Crippen LogP contribution in [0.25, 0.3) is 0 Å². The minimum Gasteiger partial charge on any atom is -0.459 e. The highest BCUT2D eigenvalue weighted by Crippen LogP contribution is 2.31. The van der Waals surface area contributed by atoms with Crippen molar-refractivity contribution in [2.45, 2.75) is 31.9 Å². The van der Waals surface area contributed by atoms with Gasteiger partial charge in [0, 0.05) is 18.4 Å². The van der Waals surface area contributed by atoms with E-state index in [1.54, 1.807) is 4.90 Å². The van der Waals surface area contributed by atoms with Crippen LogP contribution in [0.2, 0.25) is 0 Å². The van der Waals surface area contributed by atoms with Crippen LogP contribution in [0.3, 0.4) is 0 Å². The minimum absolute atomic E-state index is 0.194. The van der Waals surface area contributed by atoms with Gasteiger partial charge in [-0.3, -0.25) is 0 Å². The van der Waals surface area contributed by atoms with E-state index >= 15 is 0 Å². The maximum absolute atomic E-state index is 13.0. The molecule has 6 heteroatoms. The molecule has 0 spiro atoms. The van der Waals surface area contributed by atoms with Gasteiger partial charge in [0.05, 0.1) is 0 Å². The molecule has 0 bridgehead atoms. The van der Waals surface area contributed by atoms with Crippen LogP contribution in [0.4, 0.5) is 4.79 Å². The van der Waals surface area contributed by atoms with Crippen LogP contribution in [0.15, 0.2) is 54.6 Å². The predicted octanol–water partition coefficient (Wildman–Crippen LogP) is 4.21. The largest absolute Gasteiger partial charge is 0.459 e. The van der Waals surface area contributed by atoms with Gasteiger partial charge in [-0.05, 0) is 36.0 Å². The summed E-state index contributed by atoms with van der Waals surface area (Å²) in [6.45, 7) is 1.28. The number of ether oxygens (including phenoxy) is 1. The van der Waals surface area contributed by atoms with Crippen molar-refractivity contribution in [3.8, 4) is 0 Å². The zero-order valence-electron chi connectivity index (χ0n) is 15.8. The van der Waals surface area contributed by atoms with E-state index in [1.165, 1.54) is 0 Å². The highest BCUT2D eigenvalue weighted by atomic mass is 79.9. The molecule has 1 aliphatic heterocycles. The Balaban J connectivity index is 1.73. The summed E-state index contributed by atoms with van der Waals surface area (Å²) < 4.78 is 5.58. The lowest BCUT2D eigenvalue weighted by atomic mass is 9.93. The van der Waals surface area contributed by atoms with Gasteiger partial charge < -0.3 is 15.0 Å². The lowest BCUT2D eigenvalue weighted by Crippen LogP contribution is -2.48. The Morgan fingerprint density at radius 1 is 1.07 bits per heavy atom. The summed E-state index contributed by atoms with van der Waals surface area (Å²) >= 11 is 3.39. The number of carbonyl (C=O) groups excluding carboxylic acids is 2. The van der Waals surface area contributed by atoms with Crippen LogP contribution in [0.1, 0.15) is 35.6 Å². The number of halogens is 1. The van der Waals surface area contributed by atoms with Crippen molar-refractivity contribution in [3.63, 3.8) is 0 Å². The van der Waals surface area contributed by atoms with Gasteiger partial charge in [0.25, 0.3) is 0 Å². The van der Waals surface area contributed by atoms with Crippen molar-refractivity contribution in [1.82, 2.24) is 10.2 Å². The first kappa shape index (κ1) is 20.4. The van der Waals surface area contributed by atoms with Gasteiger partial charge in [-0.1, -0.05) is 70.5 Å². The average molecular weight is 445 g/mol. The quantitative estimate of drug-likeness (QED) is 0.395. The van der Waals surface area contributed by atoms with E-state index in [2.05, 4.69) is 21.2 Å². The van der Waals surface area contributed by atoms with Crippen LogP contribution in [0.5, 0.6) is 0 Å². The average Bonchev–Trinajstić information content (AvgIpc) is 2.74. The Bertz CT molecular complexity index is 797.